The molecule has 6 nitrogen and oxygen atoms in total. The predicted molar refractivity (Wildman–Crippen MR) is 138 cm³/mol. The van der Waals surface area contributed by atoms with Crippen LogP contribution < -0.4 is 14.8 Å². The minimum atomic E-state index is -0.122. The number of aromatic nitrogens is 1. The van der Waals surface area contributed by atoms with Crippen LogP contribution in [0.5, 0.6) is 11.5 Å². The van der Waals surface area contributed by atoms with Gasteiger partial charge < -0.3 is 14.8 Å². The number of halogens is 1. The average molecular weight is 502 g/mol. The van der Waals surface area contributed by atoms with Crippen molar-refractivity contribution in [3.8, 4) is 11.5 Å². The molecule has 0 radical (unpaired) electrons. The van der Waals surface area contributed by atoms with Crippen molar-refractivity contribution in [3.05, 3.63) is 74.7 Å². The molecule has 182 valence electrons. The lowest BCUT2D eigenvalue weighted by atomic mass is 10.1. The molecule has 0 bridgehead atoms. The van der Waals surface area contributed by atoms with Crippen molar-refractivity contribution in [2.75, 3.05) is 27.3 Å². The zero-order chi connectivity index (χ0) is 24.5. The van der Waals surface area contributed by atoms with Crippen LogP contribution in [0, 0.1) is 5.92 Å². The molecule has 0 aliphatic rings. The van der Waals surface area contributed by atoms with E-state index in [0.717, 1.165) is 46.4 Å². The summed E-state index contributed by atoms with van der Waals surface area (Å²) in [5.74, 6) is 1.71. The van der Waals surface area contributed by atoms with Crippen LogP contribution in [0.25, 0.3) is 0 Å². The van der Waals surface area contributed by atoms with Crippen LogP contribution in [0.3, 0.4) is 0 Å². The smallest absolute Gasteiger partial charge is 0.270 e. The summed E-state index contributed by atoms with van der Waals surface area (Å²) in [6.45, 7) is 6.94. The molecule has 1 heterocycles. The maximum Gasteiger partial charge on any atom is 0.270 e. The molecule has 1 amide bonds. The summed E-state index contributed by atoms with van der Waals surface area (Å²) in [5.41, 5.74) is 2.76. The second kappa shape index (κ2) is 12.7. The Hall–Kier alpha value is -2.61. The van der Waals surface area contributed by atoms with Gasteiger partial charge >= 0.3 is 0 Å². The summed E-state index contributed by atoms with van der Waals surface area (Å²) >= 11 is 7.73. The van der Waals surface area contributed by atoms with Gasteiger partial charge in [-0.3, -0.25) is 9.69 Å². The summed E-state index contributed by atoms with van der Waals surface area (Å²) in [4.78, 5) is 19.3. The first-order valence-electron chi connectivity index (χ1n) is 11.3. The largest absolute Gasteiger partial charge is 0.493 e. The Balaban J connectivity index is 1.72. The molecule has 0 unspecified atom stereocenters. The van der Waals surface area contributed by atoms with Gasteiger partial charge in [-0.1, -0.05) is 43.6 Å². The molecular formula is C26H32ClN3O3S. The van der Waals surface area contributed by atoms with Crippen molar-refractivity contribution in [2.24, 2.45) is 5.92 Å². The molecule has 3 rings (SSSR count). The SMILES string of the molecule is COc1ccc(CCN(Cc2cccc(Cl)c2)Cc2nc(C(=O)NCC(C)C)cs2)cc1OC. The summed E-state index contributed by atoms with van der Waals surface area (Å²) in [6.07, 6.45) is 0.827. The fourth-order valence-electron chi connectivity index (χ4n) is 3.50. The molecule has 0 spiro atoms. The van der Waals surface area contributed by atoms with Crippen LogP contribution in [0.1, 0.15) is 40.5 Å². The Bertz CT molecular complexity index is 1090. The third-order valence-corrected chi connectivity index (χ3v) is 6.34. The van der Waals surface area contributed by atoms with Gasteiger partial charge in [0.05, 0.1) is 20.8 Å². The van der Waals surface area contributed by atoms with E-state index in [1.54, 1.807) is 14.2 Å². The zero-order valence-corrected chi connectivity index (χ0v) is 21.7. The maximum absolute atomic E-state index is 12.4. The van der Waals surface area contributed by atoms with Crippen molar-refractivity contribution in [3.63, 3.8) is 0 Å². The Labute approximate surface area is 210 Å². The number of methoxy groups -OCH3 is 2. The van der Waals surface area contributed by atoms with E-state index in [-0.39, 0.29) is 5.91 Å². The van der Waals surface area contributed by atoms with E-state index in [1.807, 2.05) is 35.7 Å². The highest BCUT2D eigenvalue weighted by atomic mass is 35.5. The number of carbonyl (C=O) groups excluding carboxylic acids is 1. The van der Waals surface area contributed by atoms with Gasteiger partial charge in [0, 0.05) is 30.0 Å². The molecule has 0 aliphatic carbocycles. The maximum atomic E-state index is 12.4. The van der Waals surface area contributed by atoms with Crippen LogP contribution in [0.2, 0.25) is 5.02 Å². The number of carbonyl (C=O) groups is 1. The van der Waals surface area contributed by atoms with E-state index >= 15 is 0 Å². The third-order valence-electron chi connectivity index (χ3n) is 5.27. The topological polar surface area (TPSA) is 63.7 Å². The van der Waals surface area contributed by atoms with E-state index in [9.17, 15) is 4.79 Å². The van der Waals surface area contributed by atoms with Crippen LogP contribution >= 0.6 is 22.9 Å². The van der Waals surface area contributed by atoms with Crippen LogP contribution in [0.15, 0.2) is 47.8 Å². The highest BCUT2D eigenvalue weighted by Crippen LogP contribution is 2.28. The first kappa shape index (κ1) is 26.0. The van der Waals surface area contributed by atoms with Crippen LogP contribution in [0.4, 0.5) is 0 Å². The van der Waals surface area contributed by atoms with E-state index in [2.05, 4.69) is 41.2 Å². The lowest BCUT2D eigenvalue weighted by Crippen LogP contribution is -2.28. The molecule has 0 fully saturated rings. The molecule has 3 aromatic rings. The fourth-order valence-corrected chi connectivity index (χ4v) is 4.53. The number of rotatable bonds is 12. The number of thiazole rings is 1. The number of benzene rings is 2. The summed E-state index contributed by atoms with van der Waals surface area (Å²) in [5, 5.41) is 6.39. The quantitative estimate of drug-likeness (QED) is 0.358. The number of nitrogens with one attached hydrogen (secondary N) is 1. The van der Waals surface area contributed by atoms with Gasteiger partial charge in [-0.25, -0.2) is 4.98 Å². The van der Waals surface area contributed by atoms with Crippen molar-refractivity contribution in [2.45, 2.75) is 33.4 Å². The van der Waals surface area contributed by atoms with Crippen molar-refractivity contribution in [1.29, 1.82) is 0 Å². The minimum Gasteiger partial charge on any atom is -0.493 e. The van der Waals surface area contributed by atoms with E-state index < -0.39 is 0 Å². The Kier molecular flexibility index (Phi) is 9.74. The second-order valence-corrected chi connectivity index (χ2v) is 9.89. The van der Waals surface area contributed by atoms with Crippen molar-refractivity contribution >= 4 is 28.8 Å². The molecule has 1 N–H and O–H groups in total. The van der Waals surface area contributed by atoms with Gasteiger partial charge in [0.25, 0.3) is 5.91 Å². The number of hydrogen-bond acceptors (Lipinski definition) is 6. The number of hydrogen-bond donors (Lipinski definition) is 1. The van der Waals surface area contributed by atoms with Gasteiger partial charge in [0.1, 0.15) is 10.7 Å². The van der Waals surface area contributed by atoms with E-state index in [1.165, 1.54) is 11.3 Å². The van der Waals surface area contributed by atoms with Crippen LogP contribution in [-0.2, 0) is 19.5 Å². The van der Waals surface area contributed by atoms with E-state index in [0.29, 0.717) is 30.5 Å². The normalized spacial score (nSPS) is 11.1. The first-order chi connectivity index (χ1) is 16.4. The summed E-state index contributed by atoms with van der Waals surface area (Å²) in [7, 11) is 3.28. The molecular weight excluding hydrogens is 470 g/mol. The number of amides is 1. The predicted octanol–water partition coefficient (Wildman–Crippen LogP) is 5.44. The molecule has 0 atom stereocenters. The third kappa shape index (κ3) is 7.72. The van der Waals surface area contributed by atoms with Gasteiger partial charge in [0.2, 0.25) is 0 Å². The summed E-state index contributed by atoms with van der Waals surface area (Å²) < 4.78 is 10.8. The van der Waals surface area contributed by atoms with E-state index in [4.69, 9.17) is 21.1 Å². The van der Waals surface area contributed by atoms with Gasteiger partial charge in [-0.2, -0.15) is 0 Å². The standard InChI is InChI=1S/C26H32ClN3O3S/c1-18(2)14-28-26(31)22-17-34-25(29-22)16-30(15-20-6-5-7-21(27)12-20)11-10-19-8-9-23(32-3)24(13-19)33-4/h5-9,12-13,17-18H,10-11,14-16H2,1-4H3,(H,28,31). The Morgan fingerprint density at radius 2 is 1.88 bits per heavy atom. The Morgan fingerprint density at radius 3 is 2.59 bits per heavy atom. The molecule has 0 aliphatic heterocycles. The highest BCUT2D eigenvalue weighted by Gasteiger charge is 2.15. The molecule has 34 heavy (non-hydrogen) atoms. The Morgan fingerprint density at radius 1 is 1.09 bits per heavy atom. The fraction of sp³-hybridized carbons (Fsp3) is 0.385. The molecule has 2 aromatic carbocycles. The first-order valence-corrected chi connectivity index (χ1v) is 12.5. The molecule has 8 heteroatoms. The zero-order valence-electron chi connectivity index (χ0n) is 20.1. The lowest BCUT2D eigenvalue weighted by molar-refractivity contribution is 0.0944. The van der Waals surface area contributed by atoms with Crippen molar-refractivity contribution in [1.82, 2.24) is 15.2 Å². The average Bonchev–Trinajstić information content (AvgIpc) is 3.29. The van der Waals surface area contributed by atoms with Gasteiger partial charge in [0.15, 0.2) is 11.5 Å². The van der Waals surface area contributed by atoms with Gasteiger partial charge in [-0.05, 0) is 47.7 Å². The summed E-state index contributed by atoms with van der Waals surface area (Å²) in [6, 6.07) is 13.9. The number of nitrogens with zero attached hydrogens (tertiary/aromatic N) is 2. The van der Waals surface area contributed by atoms with Crippen molar-refractivity contribution < 1.29 is 14.3 Å². The monoisotopic (exact) mass is 501 g/mol. The van der Waals surface area contributed by atoms with Crippen LogP contribution in [-0.4, -0.2) is 43.1 Å². The lowest BCUT2D eigenvalue weighted by Gasteiger charge is -2.22. The highest BCUT2D eigenvalue weighted by molar-refractivity contribution is 7.09. The second-order valence-electron chi connectivity index (χ2n) is 8.51. The molecule has 0 saturated carbocycles. The van der Waals surface area contributed by atoms with Gasteiger partial charge in [-0.15, -0.1) is 11.3 Å². The molecule has 0 saturated heterocycles. The molecule has 1 aromatic heterocycles. The minimum absolute atomic E-state index is 0.122. The number of ether oxygens (including phenoxy) is 2.